The number of hydrogen-bond donors (Lipinski definition) is 1. The zero-order chi connectivity index (χ0) is 12.3. The van der Waals surface area contributed by atoms with Gasteiger partial charge in [0.15, 0.2) is 0 Å². The van der Waals surface area contributed by atoms with Crippen LogP contribution in [0.4, 0.5) is 0 Å². The maximum absolute atomic E-state index is 5.86. The van der Waals surface area contributed by atoms with Crippen LogP contribution in [-0.4, -0.2) is 18.2 Å². The van der Waals surface area contributed by atoms with Gasteiger partial charge >= 0.3 is 0 Å². The Kier molecular flexibility index (Phi) is 4.43. The molecule has 94 valence electrons. The lowest BCUT2D eigenvalue weighted by Crippen LogP contribution is -2.40. The second-order valence-corrected chi connectivity index (χ2v) is 5.37. The summed E-state index contributed by atoms with van der Waals surface area (Å²) in [5.74, 6) is 0. The monoisotopic (exact) mass is 253 g/mol. The summed E-state index contributed by atoms with van der Waals surface area (Å²) < 4.78 is 5.73. The van der Waals surface area contributed by atoms with Gasteiger partial charge in [0.25, 0.3) is 0 Å². The molecule has 0 amide bonds. The molecule has 17 heavy (non-hydrogen) atoms. The molecule has 2 unspecified atom stereocenters. The summed E-state index contributed by atoms with van der Waals surface area (Å²) in [5.41, 5.74) is 1.28. The molecule has 0 saturated carbocycles. The minimum absolute atomic E-state index is 0.362. The molecule has 1 aliphatic heterocycles. The average molecular weight is 254 g/mol. The van der Waals surface area contributed by atoms with Gasteiger partial charge in [-0.05, 0) is 44.4 Å². The zero-order valence-corrected chi connectivity index (χ0v) is 11.2. The number of ether oxygens (including phenoxy) is 1. The second kappa shape index (κ2) is 5.85. The van der Waals surface area contributed by atoms with Gasteiger partial charge in [0.05, 0.1) is 12.2 Å². The van der Waals surface area contributed by atoms with Crippen LogP contribution in [0.1, 0.15) is 32.3 Å². The molecule has 0 aliphatic carbocycles. The first-order valence-electron chi connectivity index (χ1n) is 6.27. The molecule has 0 spiro atoms. The third-order valence-electron chi connectivity index (χ3n) is 3.21. The van der Waals surface area contributed by atoms with Gasteiger partial charge in [-0.15, -0.1) is 0 Å². The van der Waals surface area contributed by atoms with E-state index in [2.05, 4.69) is 31.3 Å². The molecule has 2 rings (SSSR count). The van der Waals surface area contributed by atoms with E-state index in [1.165, 1.54) is 5.56 Å². The highest BCUT2D eigenvalue weighted by atomic mass is 35.5. The maximum atomic E-state index is 5.86. The Morgan fingerprint density at radius 2 is 1.76 bits per heavy atom. The quantitative estimate of drug-likeness (QED) is 0.892. The third-order valence-corrected chi connectivity index (χ3v) is 3.46. The molecule has 2 nitrogen and oxygen atoms in total. The first-order valence-corrected chi connectivity index (χ1v) is 6.64. The molecule has 1 aliphatic rings. The number of hydrogen-bond acceptors (Lipinski definition) is 2. The van der Waals surface area contributed by atoms with Crippen molar-refractivity contribution in [3.63, 3.8) is 0 Å². The van der Waals surface area contributed by atoms with Gasteiger partial charge in [0.1, 0.15) is 0 Å². The van der Waals surface area contributed by atoms with Crippen LogP contribution in [0.3, 0.4) is 0 Å². The summed E-state index contributed by atoms with van der Waals surface area (Å²) in [6.07, 6.45) is 2.92. The van der Waals surface area contributed by atoms with Gasteiger partial charge < -0.3 is 10.1 Å². The van der Waals surface area contributed by atoms with Crippen molar-refractivity contribution >= 4 is 11.6 Å². The van der Waals surface area contributed by atoms with Crippen LogP contribution in [0.2, 0.25) is 5.02 Å². The van der Waals surface area contributed by atoms with Crippen LogP contribution in [0.5, 0.6) is 0 Å². The fourth-order valence-electron chi connectivity index (χ4n) is 2.44. The van der Waals surface area contributed by atoms with Gasteiger partial charge in [0, 0.05) is 17.6 Å². The van der Waals surface area contributed by atoms with E-state index in [9.17, 15) is 0 Å². The highest BCUT2D eigenvalue weighted by molar-refractivity contribution is 6.30. The zero-order valence-electron chi connectivity index (χ0n) is 10.4. The minimum atomic E-state index is 0.362. The normalized spacial score (nSPS) is 29.2. The SMILES string of the molecule is CC1CC(NCc2ccc(Cl)cc2)CC(C)O1. The molecule has 0 bridgehead atoms. The highest BCUT2D eigenvalue weighted by Crippen LogP contribution is 2.19. The first kappa shape index (κ1) is 12.9. The van der Waals surface area contributed by atoms with Crippen molar-refractivity contribution in [2.45, 2.75) is 51.5 Å². The predicted octanol–water partition coefficient (Wildman–Crippen LogP) is 3.39. The smallest absolute Gasteiger partial charge is 0.0565 e. The molecule has 0 radical (unpaired) electrons. The molecule has 2 atom stereocenters. The third kappa shape index (κ3) is 3.98. The molecule has 1 N–H and O–H groups in total. The molecular weight excluding hydrogens is 234 g/mol. The summed E-state index contributed by atoms with van der Waals surface area (Å²) >= 11 is 5.86. The van der Waals surface area contributed by atoms with Crippen LogP contribution >= 0.6 is 11.6 Å². The Bertz CT molecular complexity index is 342. The second-order valence-electron chi connectivity index (χ2n) is 4.93. The Hall–Kier alpha value is -0.570. The Balaban J connectivity index is 1.83. The summed E-state index contributed by atoms with van der Waals surface area (Å²) in [6.45, 7) is 5.19. The molecule has 1 heterocycles. The number of halogens is 1. The standard InChI is InChI=1S/C14H20ClNO/c1-10-7-14(8-11(2)17-10)16-9-12-3-5-13(15)6-4-12/h3-6,10-11,14,16H,7-9H2,1-2H3. The molecule has 1 aromatic rings. The summed E-state index contributed by atoms with van der Waals surface area (Å²) in [4.78, 5) is 0. The highest BCUT2D eigenvalue weighted by Gasteiger charge is 2.23. The number of rotatable bonds is 3. The van der Waals surface area contributed by atoms with Gasteiger partial charge in [-0.1, -0.05) is 23.7 Å². The van der Waals surface area contributed by atoms with Crippen molar-refractivity contribution < 1.29 is 4.74 Å². The van der Waals surface area contributed by atoms with Crippen LogP contribution in [0.15, 0.2) is 24.3 Å². The predicted molar refractivity (Wildman–Crippen MR) is 71.3 cm³/mol. The van der Waals surface area contributed by atoms with Crippen LogP contribution in [-0.2, 0) is 11.3 Å². The Labute approximate surface area is 108 Å². The van der Waals surface area contributed by atoms with Gasteiger partial charge in [-0.25, -0.2) is 0 Å². The topological polar surface area (TPSA) is 21.3 Å². The molecule has 1 aromatic carbocycles. The van der Waals surface area contributed by atoms with Gasteiger partial charge in [0.2, 0.25) is 0 Å². The van der Waals surface area contributed by atoms with Crippen LogP contribution < -0.4 is 5.32 Å². The van der Waals surface area contributed by atoms with Gasteiger partial charge in [-0.2, -0.15) is 0 Å². The molecule has 1 saturated heterocycles. The molecule has 3 heteroatoms. The molecule has 1 fully saturated rings. The van der Waals surface area contributed by atoms with E-state index in [4.69, 9.17) is 16.3 Å². The van der Waals surface area contributed by atoms with E-state index in [-0.39, 0.29) is 0 Å². The van der Waals surface area contributed by atoms with Gasteiger partial charge in [-0.3, -0.25) is 0 Å². The largest absolute Gasteiger partial charge is 0.375 e. The van der Waals surface area contributed by atoms with Crippen LogP contribution in [0.25, 0.3) is 0 Å². The van der Waals surface area contributed by atoms with Crippen molar-refractivity contribution in [1.82, 2.24) is 5.32 Å². The van der Waals surface area contributed by atoms with E-state index in [1.807, 2.05) is 12.1 Å². The lowest BCUT2D eigenvalue weighted by molar-refractivity contribution is -0.0422. The fraction of sp³-hybridized carbons (Fsp3) is 0.571. The molecule has 0 aromatic heterocycles. The Morgan fingerprint density at radius 1 is 1.18 bits per heavy atom. The summed E-state index contributed by atoms with van der Waals surface area (Å²) in [6, 6.07) is 8.58. The summed E-state index contributed by atoms with van der Waals surface area (Å²) in [5, 5.41) is 4.39. The number of benzene rings is 1. The van der Waals surface area contributed by atoms with E-state index in [1.54, 1.807) is 0 Å². The number of nitrogens with one attached hydrogen (secondary N) is 1. The van der Waals surface area contributed by atoms with E-state index >= 15 is 0 Å². The minimum Gasteiger partial charge on any atom is -0.375 e. The van der Waals surface area contributed by atoms with Crippen LogP contribution in [0, 0.1) is 0 Å². The van der Waals surface area contributed by atoms with Crippen molar-refractivity contribution in [3.8, 4) is 0 Å². The van der Waals surface area contributed by atoms with Crippen molar-refractivity contribution in [2.75, 3.05) is 0 Å². The van der Waals surface area contributed by atoms with E-state index < -0.39 is 0 Å². The summed E-state index contributed by atoms with van der Waals surface area (Å²) in [7, 11) is 0. The van der Waals surface area contributed by atoms with E-state index in [0.717, 1.165) is 24.4 Å². The lowest BCUT2D eigenvalue weighted by Gasteiger charge is -2.32. The maximum Gasteiger partial charge on any atom is 0.0565 e. The first-order chi connectivity index (χ1) is 8.13. The molecular formula is C14H20ClNO. The van der Waals surface area contributed by atoms with Crippen molar-refractivity contribution in [2.24, 2.45) is 0 Å². The Morgan fingerprint density at radius 3 is 2.35 bits per heavy atom. The lowest BCUT2D eigenvalue weighted by atomic mass is 9.99. The average Bonchev–Trinajstić information content (AvgIpc) is 2.27. The van der Waals surface area contributed by atoms with Crippen molar-refractivity contribution in [1.29, 1.82) is 0 Å². The fourth-order valence-corrected chi connectivity index (χ4v) is 2.56. The van der Waals surface area contributed by atoms with E-state index in [0.29, 0.717) is 18.2 Å². The van der Waals surface area contributed by atoms with Crippen molar-refractivity contribution in [3.05, 3.63) is 34.9 Å².